The Balaban J connectivity index is 2.13. The molecule has 3 rings (SSSR count). The van der Waals surface area contributed by atoms with Gasteiger partial charge in [0.1, 0.15) is 5.82 Å². The minimum atomic E-state index is -4.31. The number of unbranched alkanes of at least 4 members (excludes halogenated alkanes) is 1. The lowest BCUT2D eigenvalue weighted by Gasteiger charge is -2.16. The summed E-state index contributed by atoms with van der Waals surface area (Å²) in [6.07, 6.45) is 4.78. The monoisotopic (exact) mass is 386 g/mol. The maximum absolute atomic E-state index is 12.0. The molecule has 3 aromatic rings. The maximum Gasteiger partial charge on any atom is 0.294 e. The second-order valence-corrected chi connectivity index (χ2v) is 8.38. The van der Waals surface area contributed by atoms with Crippen LogP contribution in [0.5, 0.6) is 0 Å². The molecule has 27 heavy (non-hydrogen) atoms. The normalized spacial score (nSPS) is 13.1. The van der Waals surface area contributed by atoms with E-state index in [4.69, 9.17) is 4.98 Å². The molecule has 5 nitrogen and oxygen atoms in total. The first kappa shape index (κ1) is 19.6. The van der Waals surface area contributed by atoms with Crippen LogP contribution in [0.2, 0.25) is 0 Å². The highest BCUT2D eigenvalue weighted by Crippen LogP contribution is 2.31. The van der Waals surface area contributed by atoms with E-state index < -0.39 is 10.1 Å². The van der Waals surface area contributed by atoms with Crippen LogP contribution in [-0.2, 0) is 16.5 Å². The highest BCUT2D eigenvalue weighted by Gasteiger charge is 2.22. The minimum Gasteiger partial charge on any atom is -0.338 e. The molecule has 1 heterocycles. The van der Waals surface area contributed by atoms with Gasteiger partial charge in [0.05, 0.1) is 15.9 Å². The summed E-state index contributed by atoms with van der Waals surface area (Å²) in [6, 6.07) is 12.9. The van der Waals surface area contributed by atoms with Crippen molar-refractivity contribution in [2.24, 2.45) is 5.92 Å². The Hall–Kier alpha value is -2.18. The van der Waals surface area contributed by atoms with Crippen LogP contribution >= 0.6 is 0 Å². The van der Waals surface area contributed by atoms with Crippen molar-refractivity contribution in [1.82, 2.24) is 9.97 Å². The van der Waals surface area contributed by atoms with Crippen molar-refractivity contribution >= 4 is 21.2 Å². The van der Waals surface area contributed by atoms with Gasteiger partial charge >= 0.3 is 0 Å². The van der Waals surface area contributed by atoms with Gasteiger partial charge in [-0.05, 0) is 24.5 Å². The Kier molecular flexibility index (Phi) is 5.97. The first-order chi connectivity index (χ1) is 12.9. The first-order valence-electron chi connectivity index (χ1n) is 9.48. The third-order valence-corrected chi connectivity index (χ3v) is 6.02. The van der Waals surface area contributed by atoms with Gasteiger partial charge in [0.15, 0.2) is 0 Å². The number of hydrogen-bond acceptors (Lipinski definition) is 3. The molecule has 1 unspecified atom stereocenters. The summed E-state index contributed by atoms with van der Waals surface area (Å²) < 4.78 is 33.7. The zero-order chi connectivity index (χ0) is 19.4. The molecule has 0 fully saturated rings. The molecule has 0 saturated carbocycles. The number of hydrogen-bond donors (Lipinski definition) is 2. The number of nitrogens with one attached hydrogen (secondary N) is 1. The zero-order valence-electron chi connectivity index (χ0n) is 15.8. The van der Waals surface area contributed by atoms with E-state index in [2.05, 4.69) is 18.8 Å². The Morgan fingerprint density at radius 3 is 2.48 bits per heavy atom. The molecule has 1 atom stereocenters. The van der Waals surface area contributed by atoms with Crippen molar-refractivity contribution < 1.29 is 13.0 Å². The van der Waals surface area contributed by atoms with Crippen molar-refractivity contribution in [3.8, 4) is 11.4 Å². The topological polar surface area (TPSA) is 83.0 Å². The predicted octanol–water partition coefficient (Wildman–Crippen LogP) is 5.24. The largest absolute Gasteiger partial charge is 0.338 e. The van der Waals surface area contributed by atoms with Gasteiger partial charge in [0.25, 0.3) is 10.1 Å². The van der Waals surface area contributed by atoms with Gasteiger partial charge < -0.3 is 4.98 Å². The van der Waals surface area contributed by atoms with E-state index in [0.29, 0.717) is 29.2 Å². The number of aromatic amines is 1. The Labute approximate surface area is 160 Å². The van der Waals surface area contributed by atoms with Crippen LogP contribution < -0.4 is 0 Å². The van der Waals surface area contributed by atoms with E-state index in [1.807, 2.05) is 30.3 Å². The Morgan fingerprint density at radius 2 is 1.85 bits per heavy atom. The second-order valence-electron chi connectivity index (χ2n) is 6.99. The molecule has 0 bridgehead atoms. The van der Waals surface area contributed by atoms with Crippen molar-refractivity contribution in [2.45, 2.75) is 50.8 Å². The molecule has 0 amide bonds. The van der Waals surface area contributed by atoms with Crippen LogP contribution in [0.15, 0.2) is 47.4 Å². The van der Waals surface area contributed by atoms with E-state index in [-0.39, 0.29) is 4.90 Å². The van der Waals surface area contributed by atoms with Gasteiger partial charge in [-0.1, -0.05) is 69.9 Å². The van der Waals surface area contributed by atoms with E-state index in [9.17, 15) is 13.0 Å². The lowest BCUT2D eigenvalue weighted by Crippen LogP contribution is -2.10. The Bertz CT molecular complexity index is 1010. The quantitative estimate of drug-likeness (QED) is 0.519. The Morgan fingerprint density at radius 1 is 1.11 bits per heavy atom. The highest BCUT2D eigenvalue weighted by molar-refractivity contribution is 7.85. The van der Waals surface area contributed by atoms with Crippen LogP contribution in [-0.4, -0.2) is 22.9 Å². The molecule has 2 N–H and O–H groups in total. The molecule has 0 aliphatic heterocycles. The lowest BCUT2D eigenvalue weighted by molar-refractivity contribution is 0.444. The number of rotatable bonds is 8. The number of fused-ring (bicyclic) bond motifs is 1. The summed E-state index contributed by atoms with van der Waals surface area (Å²) in [5.41, 5.74) is 2.95. The van der Waals surface area contributed by atoms with Crippen molar-refractivity contribution in [1.29, 1.82) is 0 Å². The van der Waals surface area contributed by atoms with Crippen LogP contribution in [0.25, 0.3) is 22.4 Å². The van der Waals surface area contributed by atoms with Crippen molar-refractivity contribution in [2.75, 3.05) is 0 Å². The molecular weight excluding hydrogens is 360 g/mol. The number of nitrogens with zero attached hydrogens (tertiary/aromatic N) is 1. The summed E-state index contributed by atoms with van der Waals surface area (Å²) in [5.74, 6) is 1.05. The van der Waals surface area contributed by atoms with Crippen LogP contribution in [0.3, 0.4) is 0 Å². The smallest absolute Gasteiger partial charge is 0.294 e. The molecule has 6 heteroatoms. The lowest BCUT2D eigenvalue weighted by atomic mass is 9.91. The molecule has 0 spiro atoms. The SMILES string of the molecule is CCCCC(CC)Cc1c(S(=O)(=O)O)ccc2[nH]c(-c3ccccc3)nc12. The summed E-state index contributed by atoms with van der Waals surface area (Å²) in [4.78, 5) is 7.94. The fourth-order valence-corrected chi connectivity index (χ4v) is 4.25. The third kappa shape index (κ3) is 4.39. The van der Waals surface area contributed by atoms with E-state index in [1.165, 1.54) is 6.07 Å². The molecule has 0 radical (unpaired) electrons. The number of aromatic nitrogens is 2. The van der Waals surface area contributed by atoms with Crippen molar-refractivity contribution in [3.05, 3.63) is 48.0 Å². The zero-order valence-corrected chi connectivity index (χ0v) is 16.6. The minimum absolute atomic E-state index is 0.0314. The van der Waals surface area contributed by atoms with E-state index >= 15 is 0 Å². The average molecular weight is 387 g/mol. The fraction of sp³-hybridized carbons (Fsp3) is 0.381. The third-order valence-electron chi connectivity index (χ3n) is 5.08. The van der Waals surface area contributed by atoms with Gasteiger partial charge in [0.2, 0.25) is 0 Å². The first-order valence-corrected chi connectivity index (χ1v) is 10.9. The van der Waals surface area contributed by atoms with Gasteiger partial charge in [-0.3, -0.25) is 4.55 Å². The molecule has 144 valence electrons. The summed E-state index contributed by atoms with van der Waals surface area (Å²) >= 11 is 0. The molecular formula is C21H26N2O3S. The second kappa shape index (κ2) is 8.23. The van der Waals surface area contributed by atoms with Gasteiger partial charge in [-0.2, -0.15) is 8.42 Å². The maximum atomic E-state index is 12.0. The number of H-pyrrole nitrogens is 1. The molecule has 1 aromatic heterocycles. The molecule has 0 aliphatic carbocycles. The van der Waals surface area contributed by atoms with Crippen molar-refractivity contribution in [3.63, 3.8) is 0 Å². The molecule has 0 aliphatic rings. The summed E-state index contributed by atoms with van der Waals surface area (Å²) in [5, 5.41) is 0. The standard InChI is InChI=1S/C21H26N2O3S/c1-3-5-9-15(4-2)14-17-19(27(24,25)26)13-12-18-20(17)23-21(22-18)16-10-7-6-8-11-16/h6-8,10-13,15H,3-5,9,14H2,1-2H3,(H,22,23)(H,24,25,26). The fourth-order valence-electron chi connectivity index (χ4n) is 3.52. The molecule has 2 aromatic carbocycles. The molecule has 0 saturated heterocycles. The summed E-state index contributed by atoms with van der Waals surface area (Å²) in [7, 11) is -4.31. The number of benzene rings is 2. The van der Waals surface area contributed by atoms with Crippen LogP contribution in [0.4, 0.5) is 0 Å². The van der Waals surface area contributed by atoms with Gasteiger partial charge in [-0.15, -0.1) is 0 Å². The summed E-state index contributed by atoms with van der Waals surface area (Å²) in [6.45, 7) is 4.27. The van der Waals surface area contributed by atoms with Gasteiger partial charge in [-0.25, -0.2) is 4.98 Å². The predicted molar refractivity (Wildman–Crippen MR) is 108 cm³/mol. The van der Waals surface area contributed by atoms with Crippen LogP contribution in [0.1, 0.15) is 45.1 Å². The van der Waals surface area contributed by atoms with Crippen LogP contribution in [0, 0.1) is 5.92 Å². The highest BCUT2D eigenvalue weighted by atomic mass is 32.2. The van der Waals surface area contributed by atoms with E-state index in [1.54, 1.807) is 6.07 Å². The number of imidazole rings is 1. The van der Waals surface area contributed by atoms with E-state index in [0.717, 1.165) is 36.8 Å². The van der Waals surface area contributed by atoms with Gasteiger partial charge in [0, 0.05) is 11.1 Å². The average Bonchev–Trinajstić information content (AvgIpc) is 3.09.